The number of hydrogen-bond acceptors (Lipinski definition) is 2. The average molecular weight is 328 g/mol. The van der Waals surface area contributed by atoms with Crippen molar-refractivity contribution >= 4 is 11.6 Å². The van der Waals surface area contributed by atoms with Crippen molar-refractivity contribution in [3.05, 3.63) is 65.5 Å². The lowest BCUT2D eigenvalue weighted by Crippen LogP contribution is -2.37. The Bertz CT molecular complexity index is 683. The summed E-state index contributed by atoms with van der Waals surface area (Å²) in [5.41, 5.74) is 3.05. The summed E-state index contributed by atoms with van der Waals surface area (Å²) in [6.07, 6.45) is 0.615. The van der Waals surface area contributed by atoms with Gasteiger partial charge in [0.2, 0.25) is 0 Å². The molecule has 0 aromatic heterocycles. The molecule has 0 bridgehead atoms. The van der Waals surface area contributed by atoms with Crippen LogP contribution in [0.15, 0.2) is 53.5 Å². The monoisotopic (exact) mass is 328 g/mol. The van der Waals surface area contributed by atoms with Gasteiger partial charge in [-0.1, -0.05) is 30.3 Å². The highest BCUT2D eigenvalue weighted by Gasteiger charge is 2.03. The molecule has 0 radical (unpaired) electrons. The summed E-state index contributed by atoms with van der Waals surface area (Å²) in [6, 6.07) is 15.2. The minimum Gasteiger partial charge on any atom is -0.378 e. The molecule has 0 saturated carbocycles. The Kier molecular flexibility index (Phi) is 6.61. The van der Waals surface area contributed by atoms with Crippen LogP contribution in [-0.2, 0) is 13.0 Å². The number of benzene rings is 2. The molecule has 0 atom stereocenters. The van der Waals surface area contributed by atoms with Crippen LogP contribution in [0.25, 0.3) is 0 Å². The van der Waals surface area contributed by atoms with E-state index >= 15 is 0 Å². The Morgan fingerprint density at radius 2 is 1.88 bits per heavy atom. The second kappa shape index (κ2) is 8.91. The molecule has 0 saturated heterocycles. The fourth-order valence-electron chi connectivity index (χ4n) is 2.37. The largest absolute Gasteiger partial charge is 0.378 e. The van der Waals surface area contributed by atoms with Crippen LogP contribution in [0.5, 0.6) is 0 Å². The van der Waals surface area contributed by atoms with Gasteiger partial charge >= 0.3 is 0 Å². The predicted octanol–water partition coefficient (Wildman–Crippen LogP) is 2.80. The summed E-state index contributed by atoms with van der Waals surface area (Å²) in [7, 11) is 5.78. The van der Waals surface area contributed by atoms with Crippen LogP contribution < -0.4 is 15.5 Å². The van der Waals surface area contributed by atoms with Crippen molar-refractivity contribution in [2.45, 2.75) is 13.0 Å². The van der Waals surface area contributed by atoms with Gasteiger partial charge in [-0.25, -0.2) is 4.39 Å². The predicted molar refractivity (Wildman–Crippen MR) is 99.1 cm³/mol. The van der Waals surface area contributed by atoms with Gasteiger partial charge in [0.05, 0.1) is 0 Å². The van der Waals surface area contributed by atoms with Gasteiger partial charge in [0.15, 0.2) is 5.96 Å². The molecule has 2 rings (SSSR count). The normalized spacial score (nSPS) is 11.2. The lowest BCUT2D eigenvalue weighted by Gasteiger charge is -2.15. The molecular formula is C19H25FN4. The second-order valence-corrected chi connectivity index (χ2v) is 5.76. The second-order valence-electron chi connectivity index (χ2n) is 5.76. The Balaban J connectivity index is 1.82. The molecule has 0 heterocycles. The van der Waals surface area contributed by atoms with E-state index in [0.29, 0.717) is 31.0 Å². The highest BCUT2D eigenvalue weighted by Crippen LogP contribution is 2.13. The average Bonchev–Trinajstić information content (AvgIpc) is 2.59. The minimum atomic E-state index is -0.164. The van der Waals surface area contributed by atoms with Crippen molar-refractivity contribution in [1.82, 2.24) is 10.6 Å². The Hall–Kier alpha value is -2.56. The fourth-order valence-corrected chi connectivity index (χ4v) is 2.37. The van der Waals surface area contributed by atoms with Gasteiger partial charge in [0.1, 0.15) is 5.82 Å². The first-order valence-electron chi connectivity index (χ1n) is 8.04. The van der Waals surface area contributed by atoms with E-state index in [0.717, 1.165) is 5.69 Å². The van der Waals surface area contributed by atoms with Gasteiger partial charge in [0.25, 0.3) is 0 Å². The lowest BCUT2D eigenvalue weighted by molar-refractivity contribution is 0.606. The lowest BCUT2D eigenvalue weighted by atomic mass is 10.1. The Morgan fingerprint density at radius 1 is 1.08 bits per heavy atom. The van der Waals surface area contributed by atoms with Crippen LogP contribution in [0.1, 0.15) is 11.1 Å². The molecule has 5 heteroatoms. The SMILES string of the molecule is CN=C(NCCc1ccccc1F)NCc1cccc(N(C)C)c1. The molecular weight excluding hydrogens is 303 g/mol. The first kappa shape index (κ1) is 17.8. The molecule has 0 aliphatic rings. The van der Waals surface area contributed by atoms with Gasteiger partial charge in [-0.3, -0.25) is 4.99 Å². The Labute approximate surface area is 143 Å². The van der Waals surface area contributed by atoms with Gasteiger partial charge in [-0.2, -0.15) is 0 Å². The van der Waals surface area contributed by atoms with Gasteiger partial charge in [-0.05, 0) is 35.7 Å². The number of anilines is 1. The fraction of sp³-hybridized carbons (Fsp3) is 0.316. The van der Waals surface area contributed by atoms with Crippen LogP contribution >= 0.6 is 0 Å². The number of nitrogens with one attached hydrogen (secondary N) is 2. The van der Waals surface area contributed by atoms with Crippen LogP contribution in [0, 0.1) is 5.82 Å². The number of hydrogen-bond donors (Lipinski definition) is 2. The van der Waals surface area contributed by atoms with E-state index in [1.807, 2.05) is 26.2 Å². The third-order valence-electron chi connectivity index (χ3n) is 3.76. The van der Waals surface area contributed by atoms with Crippen molar-refractivity contribution in [3.63, 3.8) is 0 Å². The number of guanidine groups is 1. The van der Waals surface area contributed by atoms with E-state index in [2.05, 4.69) is 38.7 Å². The molecule has 0 spiro atoms. The van der Waals surface area contributed by atoms with Crippen LogP contribution in [0.3, 0.4) is 0 Å². The van der Waals surface area contributed by atoms with E-state index in [-0.39, 0.29) is 5.82 Å². The summed E-state index contributed by atoms with van der Waals surface area (Å²) in [6.45, 7) is 1.30. The zero-order valence-corrected chi connectivity index (χ0v) is 14.5. The molecule has 24 heavy (non-hydrogen) atoms. The van der Waals surface area contributed by atoms with Crippen molar-refractivity contribution in [3.8, 4) is 0 Å². The number of nitrogens with zero attached hydrogens (tertiary/aromatic N) is 2. The van der Waals surface area contributed by atoms with Gasteiger partial charge in [0, 0.05) is 39.9 Å². The van der Waals surface area contributed by atoms with Gasteiger partial charge < -0.3 is 15.5 Å². The van der Waals surface area contributed by atoms with Crippen LogP contribution in [-0.4, -0.2) is 33.6 Å². The van der Waals surface area contributed by atoms with E-state index < -0.39 is 0 Å². The third kappa shape index (κ3) is 5.26. The number of rotatable bonds is 6. The maximum Gasteiger partial charge on any atom is 0.191 e. The summed E-state index contributed by atoms with van der Waals surface area (Å²) >= 11 is 0. The maximum absolute atomic E-state index is 13.6. The summed E-state index contributed by atoms with van der Waals surface area (Å²) in [4.78, 5) is 6.28. The van der Waals surface area contributed by atoms with E-state index in [1.54, 1.807) is 19.2 Å². The highest BCUT2D eigenvalue weighted by molar-refractivity contribution is 5.79. The molecule has 2 N–H and O–H groups in total. The molecule has 0 aliphatic heterocycles. The number of aliphatic imine (C=N–C) groups is 1. The van der Waals surface area contributed by atoms with Crippen molar-refractivity contribution in [2.75, 3.05) is 32.6 Å². The number of halogens is 1. The topological polar surface area (TPSA) is 39.7 Å². The minimum absolute atomic E-state index is 0.164. The Morgan fingerprint density at radius 3 is 2.58 bits per heavy atom. The molecule has 2 aromatic carbocycles. The van der Waals surface area contributed by atoms with E-state index in [1.165, 1.54) is 11.6 Å². The molecule has 0 unspecified atom stereocenters. The maximum atomic E-state index is 13.6. The molecule has 128 valence electrons. The van der Waals surface area contributed by atoms with Crippen molar-refractivity contribution in [2.24, 2.45) is 4.99 Å². The molecule has 0 fully saturated rings. The summed E-state index contributed by atoms with van der Waals surface area (Å²) < 4.78 is 13.6. The summed E-state index contributed by atoms with van der Waals surface area (Å²) in [5, 5.41) is 6.49. The molecule has 4 nitrogen and oxygen atoms in total. The van der Waals surface area contributed by atoms with Crippen LogP contribution in [0.4, 0.5) is 10.1 Å². The quantitative estimate of drug-likeness (QED) is 0.633. The van der Waals surface area contributed by atoms with Gasteiger partial charge in [-0.15, -0.1) is 0 Å². The standard InChI is InChI=1S/C19H25FN4/c1-21-19(22-12-11-16-8-4-5-10-18(16)20)23-14-15-7-6-9-17(13-15)24(2)3/h4-10,13H,11-12,14H2,1-3H3,(H2,21,22,23). The van der Waals surface area contributed by atoms with Crippen molar-refractivity contribution in [1.29, 1.82) is 0 Å². The first-order valence-corrected chi connectivity index (χ1v) is 8.04. The van der Waals surface area contributed by atoms with Crippen molar-refractivity contribution < 1.29 is 4.39 Å². The van der Waals surface area contributed by atoms with E-state index in [4.69, 9.17) is 0 Å². The zero-order chi connectivity index (χ0) is 17.4. The first-order chi connectivity index (χ1) is 11.6. The van der Waals surface area contributed by atoms with Crippen LogP contribution in [0.2, 0.25) is 0 Å². The smallest absolute Gasteiger partial charge is 0.191 e. The van der Waals surface area contributed by atoms with E-state index in [9.17, 15) is 4.39 Å². The highest BCUT2D eigenvalue weighted by atomic mass is 19.1. The zero-order valence-electron chi connectivity index (χ0n) is 14.5. The molecule has 0 aliphatic carbocycles. The third-order valence-corrected chi connectivity index (χ3v) is 3.76. The molecule has 0 amide bonds. The summed E-state index contributed by atoms with van der Waals surface area (Å²) in [5.74, 6) is 0.546. The molecule has 2 aromatic rings.